The Kier molecular flexibility index (Phi) is 5.69. The molecular formula is C14H25F3N2O. The number of rotatable bonds is 4. The summed E-state index contributed by atoms with van der Waals surface area (Å²) >= 11 is 0. The molecule has 0 aliphatic carbocycles. The van der Waals surface area contributed by atoms with Crippen LogP contribution in [0.5, 0.6) is 0 Å². The van der Waals surface area contributed by atoms with Gasteiger partial charge < -0.3 is 5.11 Å². The van der Waals surface area contributed by atoms with Crippen LogP contribution in [-0.2, 0) is 0 Å². The van der Waals surface area contributed by atoms with Crippen molar-refractivity contribution in [2.75, 3.05) is 39.3 Å². The Balaban J connectivity index is 1.73. The van der Waals surface area contributed by atoms with Crippen LogP contribution >= 0.6 is 0 Å². The van der Waals surface area contributed by atoms with Crippen molar-refractivity contribution in [2.45, 2.75) is 44.3 Å². The second-order valence-electron chi connectivity index (χ2n) is 6.16. The standard InChI is InChI=1S/C14H25F3N2O/c15-14(16,17)11-18-7-4-12(5-8-18)9-19-6-2-1-3-13(19)10-20/h12-13,20H,1-11H2/t13-/m0/s1. The lowest BCUT2D eigenvalue weighted by molar-refractivity contribution is -0.148. The third-order valence-corrected chi connectivity index (χ3v) is 4.56. The van der Waals surface area contributed by atoms with Gasteiger partial charge in [-0.1, -0.05) is 6.42 Å². The average Bonchev–Trinajstić information content (AvgIpc) is 2.40. The van der Waals surface area contributed by atoms with Crippen molar-refractivity contribution in [3.63, 3.8) is 0 Å². The first-order chi connectivity index (χ1) is 9.48. The molecule has 0 unspecified atom stereocenters. The van der Waals surface area contributed by atoms with E-state index in [-0.39, 0.29) is 12.6 Å². The lowest BCUT2D eigenvalue weighted by Gasteiger charge is -2.39. The van der Waals surface area contributed by atoms with Crippen LogP contribution in [0, 0.1) is 5.92 Å². The Hall–Kier alpha value is -0.330. The summed E-state index contributed by atoms with van der Waals surface area (Å²) < 4.78 is 37.0. The lowest BCUT2D eigenvalue weighted by atomic mass is 9.93. The first-order valence-electron chi connectivity index (χ1n) is 7.62. The Labute approximate surface area is 118 Å². The first-order valence-corrected chi connectivity index (χ1v) is 7.62. The maximum absolute atomic E-state index is 12.3. The molecule has 0 aromatic rings. The maximum atomic E-state index is 12.3. The topological polar surface area (TPSA) is 26.7 Å². The van der Waals surface area contributed by atoms with Gasteiger partial charge in [-0.15, -0.1) is 0 Å². The van der Waals surface area contributed by atoms with Crippen molar-refractivity contribution in [3.8, 4) is 0 Å². The van der Waals surface area contributed by atoms with Gasteiger partial charge in [-0.25, -0.2) is 0 Å². The van der Waals surface area contributed by atoms with E-state index in [4.69, 9.17) is 0 Å². The van der Waals surface area contributed by atoms with Gasteiger partial charge in [0.05, 0.1) is 13.2 Å². The number of aliphatic hydroxyl groups is 1. The van der Waals surface area contributed by atoms with Gasteiger partial charge in [-0.3, -0.25) is 9.80 Å². The highest BCUT2D eigenvalue weighted by atomic mass is 19.4. The molecule has 1 atom stereocenters. The molecule has 1 N–H and O–H groups in total. The van der Waals surface area contributed by atoms with Gasteiger partial charge in [0.1, 0.15) is 0 Å². The molecule has 0 bridgehead atoms. The summed E-state index contributed by atoms with van der Waals surface area (Å²) in [7, 11) is 0. The molecule has 0 amide bonds. The normalized spacial score (nSPS) is 27.9. The van der Waals surface area contributed by atoms with E-state index in [1.54, 1.807) is 0 Å². The Bertz CT molecular complexity index is 291. The lowest BCUT2D eigenvalue weighted by Crippen LogP contribution is -2.47. The molecule has 6 heteroatoms. The molecule has 0 aromatic carbocycles. The predicted octanol–water partition coefficient (Wildman–Crippen LogP) is 2.11. The van der Waals surface area contributed by atoms with E-state index in [1.807, 2.05) is 0 Å². The van der Waals surface area contributed by atoms with E-state index in [9.17, 15) is 18.3 Å². The largest absolute Gasteiger partial charge is 0.401 e. The fourth-order valence-corrected chi connectivity index (χ4v) is 3.42. The van der Waals surface area contributed by atoms with Crippen molar-refractivity contribution in [2.24, 2.45) is 5.92 Å². The highest BCUT2D eigenvalue weighted by Gasteiger charge is 2.33. The van der Waals surface area contributed by atoms with E-state index < -0.39 is 12.7 Å². The highest BCUT2D eigenvalue weighted by Crippen LogP contribution is 2.25. The first kappa shape index (κ1) is 16.0. The number of hydrogen-bond donors (Lipinski definition) is 1. The average molecular weight is 294 g/mol. The molecule has 2 heterocycles. The molecule has 0 aromatic heterocycles. The molecule has 0 saturated carbocycles. The number of piperidine rings is 2. The summed E-state index contributed by atoms with van der Waals surface area (Å²) in [6.07, 6.45) is 0.982. The zero-order valence-electron chi connectivity index (χ0n) is 11.9. The summed E-state index contributed by atoms with van der Waals surface area (Å²) in [5.41, 5.74) is 0. The molecule has 2 aliphatic rings. The van der Waals surface area contributed by atoms with E-state index in [0.29, 0.717) is 19.0 Å². The smallest absolute Gasteiger partial charge is 0.395 e. The number of halogens is 3. The summed E-state index contributed by atoms with van der Waals surface area (Å²) in [6.45, 7) is 2.47. The minimum atomic E-state index is -4.08. The highest BCUT2D eigenvalue weighted by molar-refractivity contribution is 4.81. The molecule has 2 saturated heterocycles. The number of nitrogens with zero attached hydrogens (tertiary/aromatic N) is 2. The fraction of sp³-hybridized carbons (Fsp3) is 1.00. The molecule has 3 nitrogen and oxygen atoms in total. The van der Waals surface area contributed by atoms with Crippen LogP contribution in [0.2, 0.25) is 0 Å². The van der Waals surface area contributed by atoms with Crippen molar-refractivity contribution in [1.29, 1.82) is 0 Å². The molecular weight excluding hydrogens is 269 g/mol. The molecule has 0 spiro atoms. The third kappa shape index (κ3) is 4.90. The van der Waals surface area contributed by atoms with Crippen molar-refractivity contribution in [1.82, 2.24) is 9.80 Å². The minimum Gasteiger partial charge on any atom is -0.395 e. The van der Waals surface area contributed by atoms with Gasteiger partial charge in [-0.2, -0.15) is 13.2 Å². The summed E-state index contributed by atoms with van der Waals surface area (Å²) in [5.74, 6) is 0.478. The predicted molar refractivity (Wildman–Crippen MR) is 71.5 cm³/mol. The summed E-state index contributed by atoms with van der Waals surface area (Å²) in [4.78, 5) is 3.85. The van der Waals surface area contributed by atoms with E-state index in [1.165, 1.54) is 17.7 Å². The number of alkyl halides is 3. The second kappa shape index (κ2) is 7.09. The van der Waals surface area contributed by atoms with Crippen LogP contribution in [0.25, 0.3) is 0 Å². The number of aliphatic hydroxyl groups excluding tert-OH is 1. The monoisotopic (exact) mass is 294 g/mol. The van der Waals surface area contributed by atoms with Crippen molar-refractivity contribution >= 4 is 0 Å². The maximum Gasteiger partial charge on any atom is 0.401 e. The molecule has 118 valence electrons. The van der Waals surface area contributed by atoms with E-state index >= 15 is 0 Å². The van der Waals surface area contributed by atoms with Gasteiger partial charge in [0.2, 0.25) is 0 Å². The molecule has 0 radical (unpaired) electrons. The summed E-state index contributed by atoms with van der Waals surface area (Å²) in [5, 5.41) is 9.39. The fourth-order valence-electron chi connectivity index (χ4n) is 3.42. The van der Waals surface area contributed by atoms with Gasteiger partial charge in [0.15, 0.2) is 0 Å². The Morgan fingerprint density at radius 1 is 1.00 bits per heavy atom. The molecule has 2 rings (SSSR count). The number of likely N-dealkylation sites (tertiary alicyclic amines) is 2. The zero-order valence-corrected chi connectivity index (χ0v) is 11.9. The van der Waals surface area contributed by atoms with Crippen LogP contribution in [0.4, 0.5) is 13.2 Å². The van der Waals surface area contributed by atoms with E-state index in [2.05, 4.69) is 4.90 Å². The van der Waals surface area contributed by atoms with Crippen LogP contribution in [0.15, 0.2) is 0 Å². The van der Waals surface area contributed by atoms with Gasteiger partial charge in [-0.05, 0) is 51.2 Å². The zero-order chi connectivity index (χ0) is 14.6. The SMILES string of the molecule is OC[C@@H]1CCCCN1CC1CCN(CC(F)(F)F)CC1. The van der Waals surface area contributed by atoms with Crippen LogP contribution in [0.1, 0.15) is 32.1 Å². The van der Waals surface area contributed by atoms with Crippen molar-refractivity contribution < 1.29 is 18.3 Å². The third-order valence-electron chi connectivity index (χ3n) is 4.56. The number of hydrogen-bond acceptors (Lipinski definition) is 3. The van der Waals surface area contributed by atoms with Crippen LogP contribution < -0.4 is 0 Å². The van der Waals surface area contributed by atoms with Crippen molar-refractivity contribution in [3.05, 3.63) is 0 Å². The molecule has 20 heavy (non-hydrogen) atoms. The summed E-state index contributed by atoms with van der Waals surface area (Å²) in [6, 6.07) is 0.261. The van der Waals surface area contributed by atoms with Gasteiger partial charge in [0, 0.05) is 12.6 Å². The quantitative estimate of drug-likeness (QED) is 0.860. The second-order valence-corrected chi connectivity index (χ2v) is 6.16. The molecule has 2 aliphatic heterocycles. The minimum absolute atomic E-state index is 0.201. The van der Waals surface area contributed by atoms with Gasteiger partial charge >= 0.3 is 6.18 Å². The van der Waals surface area contributed by atoms with E-state index in [0.717, 1.165) is 32.4 Å². The Morgan fingerprint density at radius 3 is 2.30 bits per heavy atom. The molecule has 2 fully saturated rings. The Morgan fingerprint density at radius 2 is 1.70 bits per heavy atom. The van der Waals surface area contributed by atoms with Gasteiger partial charge in [0.25, 0.3) is 0 Å². The van der Waals surface area contributed by atoms with Crippen LogP contribution in [0.3, 0.4) is 0 Å². The van der Waals surface area contributed by atoms with Crippen LogP contribution in [-0.4, -0.2) is 66.5 Å².